The third-order valence-electron chi connectivity index (χ3n) is 1.41. The number of aryl methyl sites for hydroxylation is 1. The molecule has 0 aromatic heterocycles. The zero-order valence-electron chi connectivity index (χ0n) is 6.40. The monoisotopic (exact) mass is 203 g/mol. The van der Waals surface area contributed by atoms with E-state index in [4.69, 9.17) is 23.2 Å². The first-order chi connectivity index (χ1) is 5.59. The van der Waals surface area contributed by atoms with Crippen LogP contribution in [0.15, 0.2) is 18.2 Å². The number of carbonyl (C=O) groups is 1. The minimum absolute atomic E-state index is 0.602. The largest absolute Gasteiger partial charge is 0.318 e. The molecule has 0 bridgehead atoms. The fraction of sp³-hybridized carbons (Fsp3) is 0.125. The Morgan fingerprint density at radius 3 is 2.67 bits per heavy atom. The van der Waals surface area contributed by atoms with Gasteiger partial charge in [0.25, 0.3) is 0 Å². The molecule has 0 aliphatic carbocycles. The maximum absolute atomic E-state index is 10.4. The first-order valence-electron chi connectivity index (χ1n) is 3.32. The van der Waals surface area contributed by atoms with Gasteiger partial charge in [0.05, 0.1) is 0 Å². The molecule has 0 saturated carbocycles. The zero-order valence-corrected chi connectivity index (χ0v) is 7.91. The predicted molar refractivity (Wildman–Crippen MR) is 51.1 cm³/mol. The van der Waals surface area contributed by atoms with E-state index in [0.29, 0.717) is 10.7 Å². The van der Waals surface area contributed by atoms with Gasteiger partial charge in [-0.2, -0.15) is 0 Å². The highest BCUT2D eigenvalue weighted by atomic mass is 35.5. The highest BCUT2D eigenvalue weighted by Crippen LogP contribution is 2.19. The van der Waals surface area contributed by atoms with Crippen LogP contribution >= 0.6 is 23.2 Å². The predicted octanol–water partition coefficient (Wildman–Crippen LogP) is 3.42. The van der Waals surface area contributed by atoms with Gasteiger partial charge in [0.1, 0.15) is 0 Å². The van der Waals surface area contributed by atoms with E-state index >= 15 is 0 Å². The van der Waals surface area contributed by atoms with E-state index in [1.165, 1.54) is 0 Å². The second-order valence-electron chi connectivity index (χ2n) is 2.36. The van der Waals surface area contributed by atoms with E-state index in [9.17, 15) is 4.79 Å². The molecule has 4 heteroatoms. The minimum atomic E-state index is -0.616. The van der Waals surface area contributed by atoms with Crippen molar-refractivity contribution in [1.82, 2.24) is 0 Å². The summed E-state index contributed by atoms with van der Waals surface area (Å²) in [6, 6.07) is 5.20. The first kappa shape index (κ1) is 9.36. The van der Waals surface area contributed by atoms with Gasteiger partial charge in [-0.05, 0) is 36.2 Å². The van der Waals surface area contributed by atoms with Crippen molar-refractivity contribution in [3.05, 3.63) is 28.8 Å². The van der Waals surface area contributed by atoms with Crippen LogP contribution < -0.4 is 5.32 Å². The van der Waals surface area contributed by atoms with Gasteiger partial charge in [0.2, 0.25) is 0 Å². The molecule has 0 aliphatic rings. The Balaban J connectivity index is 2.89. The third kappa shape index (κ3) is 2.40. The Morgan fingerprint density at radius 1 is 1.50 bits per heavy atom. The lowest BCUT2D eigenvalue weighted by atomic mass is 10.2. The molecule has 0 saturated heterocycles. The second-order valence-corrected chi connectivity index (χ2v) is 3.11. The molecule has 0 heterocycles. The van der Waals surface area contributed by atoms with E-state index in [1.807, 2.05) is 13.0 Å². The molecule has 0 unspecified atom stereocenters. The van der Waals surface area contributed by atoms with Crippen LogP contribution in [0.3, 0.4) is 0 Å². The van der Waals surface area contributed by atoms with Gasteiger partial charge in [0, 0.05) is 10.7 Å². The van der Waals surface area contributed by atoms with Crippen molar-refractivity contribution in [3.63, 3.8) is 0 Å². The average molecular weight is 204 g/mol. The summed E-state index contributed by atoms with van der Waals surface area (Å²) in [6.45, 7) is 1.88. The summed E-state index contributed by atoms with van der Waals surface area (Å²) in [5.41, 5.74) is 1.56. The minimum Gasteiger partial charge on any atom is -0.312 e. The van der Waals surface area contributed by atoms with E-state index < -0.39 is 5.37 Å². The number of nitrogens with one attached hydrogen (secondary N) is 1. The molecular weight excluding hydrogens is 197 g/mol. The number of benzene rings is 1. The van der Waals surface area contributed by atoms with Gasteiger partial charge >= 0.3 is 5.37 Å². The van der Waals surface area contributed by atoms with Crippen LogP contribution in [-0.4, -0.2) is 5.37 Å². The standard InChI is InChI=1S/C8H7Cl2NO/c1-5-2-3-6(4-7(5)9)11-8(10)12/h2-4H,1H3,(H,11,12). The fourth-order valence-electron chi connectivity index (χ4n) is 0.784. The van der Waals surface area contributed by atoms with Gasteiger partial charge in [-0.1, -0.05) is 17.7 Å². The molecule has 1 rings (SSSR count). The maximum atomic E-state index is 10.4. The van der Waals surface area contributed by atoms with Crippen LogP contribution in [0.4, 0.5) is 10.5 Å². The van der Waals surface area contributed by atoms with Crippen molar-refractivity contribution in [1.29, 1.82) is 0 Å². The van der Waals surface area contributed by atoms with Crippen molar-refractivity contribution < 1.29 is 4.79 Å². The summed E-state index contributed by atoms with van der Waals surface area (Å²) < 4.78 is 0. The van der Waals surface area contributed by atoms with E-state index in [2.05, 4.69) is 5.32 Å². The van der Waals surface area contributed by atoms with E-state index in [1.54, 1.807) is 12.1 Å². The average Bonchev–Trinajstić information content (AvgIpc) is 1.96. The number of amides is 1. The number of hydrogen-bond acceptors (Lipinski definition) is 1. The first-order valence-corrected chi connectivity index (χ1v) is 4.08. The molecule has 0 atom stereocenters. The van der Waals surface area contributed by atoms with Crippen molar-refractivity contribution in [3.8, 4) is 0 Å². The molecule has 12 heavy (non-hydrogen) atoms. The molecule has 1 aromatic rings. The molecule has 1 amide bonds. The van der Waals surface area contributed by atoms with Crippen molar-refractivity contribution in [2.75, 3.05) is 5.32 Å². The number of hydrogen-bond donors (Lipinski definition) is 1. The maximum Gasteiger partial charge on any atom is 0.318 e. The van der Waals surface area contributed by atoms with Crippen molar-refractivity contribution >= 4 is 34.3 Å². The molecule has 2 nitrogen and oxygen atoms in total. The van der Waals surface area contributed by atoms with Gasteiger partial charge in [0.15, 0.2) is 0 Å². The molecule has 1 aromatic carbocycles. The van der Waals surface area contributed by atoms with Crippen LogP contribution in [0.5, 0.6) is 0 Å². The van der Waals surface area contributed by atoms with Gasteiger partial charge in [-0.25, -0.2) is 0 Å². The molecule has 0 spiro atoms. The Bertz CT molecular complexity index is 312. The van der Waals surface area contributed by atoms with Gasteiger partial charge < -0.3 is 5.32 Å². The number of rotatable bonds is 1. The van der Waals surface area contributed by atoms with Crippen molar-refractivity contribution in [2.45, 2.75) is 6.92 Å². The number of carbonyl (C=O) groups excluding carboxylic acids is 1. The zero-order chi connectivity index (χ0) is 9.14. The van der Waals surface area contributed by atoms with E-state index in [-0.39, 0.29) is 0 Å². The Labute approximate surface area is 80.5 Å². The highest BCUT2D eigenvalue weighted by molar-refractivity contribution is 6.65. The quantitative estimate of drug-likeness (QED) is 0.551. The smallest absolute Gasteiger partial charge is 0.312 e. The SMILES string of the molecule is Cc1ccc(NC(=O)Cl)cc1Cl. The third-order valence-corrected chi connectivity index (χ3v) is 1.92. The van der Waals surface area contributed by atoms with Crippen LogP contribution in [0.25, 0.3) is 0 Å². The van der Waals surface area contributed by atoms with Gasteiger partial charge in [-0.3, -0.25) is 4.79 Å². The summed E-state index contributed by atoms with van der Waals surface area (Å²) >= 11 is 10.9. The molecule has 0 aliphatic heterocycles. The molecular formula is C8H7Cl2NO. The highest BCUT2D eigenvalue weighted by Gasteiger charge is 1.99. The Hall–Kier alpha value is -0.730. The van der Waals surface area contributed by atoms with Crippen LogP contribution in [0.2, 0.25) is 5.02 Å². The summed E-state index contributed by atoms with van der Waals surface area (Å²) in [6.07, 6.45) is 0. The number of halogens is 2. The van der Waals surface area contributed by atoms with Crippen LogP contribution in [-0.2, 0) is 0 Å². The molecule has 1 N–H and O–H groups in total. The summed E-state index contributed by atoms with van der Waals surface area (Å²) in [7, 11) is 0. The Kier molecular flexibility index (Phi) is 2.95. The lowest BCUT2D eigenvalue weighted by Gasteiger charge is -2.02. The second kappa shape index (κ2) is 3.78. The van der Waals surface area contributed by atoms with E-state index in [0.717, 1.165) is 5.56 Å². The van der Waals surface area contributed by atoms with Crippen LogP contribution in [0.1, 0.15) is 5.56 Å². The fourth-order valence-corrected chi connectivity index (χ4v) is 1.07. The molecule has 0 fully saturated rings. The molecule has 0 radical (unpaired) electrons. The summed E-state index contributed by atoms with van der Waals surface area (Å²) in [5, 5.41) is 2.41. The lowest BCUT2D eigenvalue weighted by molar-refractivity contribution is 0.269. The summed E-state index contributed by atoms with van der Waals surface area (Å²) in [4.78, 5) is 10.4. The Morgan fingerprint density at radius 2 is 2.17 bits per heavy atom. The summed E-state index contributed by atoms with van der Waals surface area (Å²) in [5.74, 6) is 0. The number of anilines is 1. The normalized spacial score (nSPS) is 9.58. The lowest BCUT2D eigenvalue weighted by Crippen LogP contribution is -2.00. The topological polar surface area (TPSA) is 29.1 Å². The molecule has 64 valence electrons. The van der Waals surface area contributed by atoms with Crippen molar-refractivity contribution in [2.24, 2.45) is 0 Å². The van der Waals surface area contributed by atoms with Crippen LogP contribution in [0, 0.1) is 6.92 Å². The van der Waals surface area contributed by atoms with Gasteiger partial charge in [-0.15, -0.1) is 0 Å².